The number of benzene rings is 1. The largest absolute Gasteiger partial charge is 0.416 e. The number of aromatic nitrogens is 1. The van der Waals surface area contributed by atoms with Crippen LogP contribution in [0.4, 0.5) is 13.2 Å². The van der Waals surface area contributed by atoms with Crippen molar-refractivity contribution in [2.24, 2.45) is 0 Å². The Morgan fingerprint density at radius 1 is 1.32 bits per heavy atom. The Morgan fingerprint density at radius 2 is 2.08 bits per heavy atom. The number of fused-ring (bicyclic) bond motifs is 1. The summed E-state index contributed by atoms with van der Waals surface area (Å²) in [5.41, 5.74) is 0.614. The minimum absolute atomic E-state index is 0.0678. The van der Waals surface area contributed by atoms with Crippen molar-refractivity contribution in [2.75, 3.05) is 13.1 Å². The van der Waals surface area contributed by atoms with E-state index in [1.807, 2.05) is 4.90 Å². The average Bonchev–Trinajstić information content (AvgIpc) is 3.24. The van der Waals surface area contributed by atoms with Gasteiger partial charge in [-0.05, 0) is 18.6 Å². The van der Waals surface area contributed by atoms with E-state index < -0.39 is 11.7 Å². The van der Waals surface area contributed by atoms with Gasteiger partial charge in [-0.15, -0.1) is 11.3 Å². The molecule has 4 nitrogen and oxygen atoms in total. The predicted molar refractivity (Wildman–Crippen MR) is 88.2 cm³/mol. The Hall–Kier alpha value is -1.93. The first-order valence-electron chi connectivity index (χ1n) is 8.07. The number of amides is 1. The smallest absolute Gasteiger partial charge is 0.336 e. The average molecular weight is 367 g/mol. The molecule has 1 saturated carbocycles. The van der Waals surface area contributed by atoms with Crippen LogP contribution in [0.1, 0.15) is 17.7 Å². The molecule has 1 aliphatic heterocycles. The van der Waals surface area contributed by atoms with E-state index in [-0.39, 0.29) is 12.3 Å². The van der Waals surface area contributed by atoms with Crippen LogP contribution in [0, 0.1) is 0 Å². The summed E-state index contributed by atoms with van der Waals surface area (Å²) in [7, 11) is 0. The lowest BCUT2D eigenvalue weighted by atomic mass is 10.1. The number of hydrogen-bond donors (Lipinski definition) is 1. The molecule has 132 valence electrons. The monoisotopic (exact) mass is 367 g/mol. The number of carbonyl (C=O) groups excluding carboxylic acids is 1. The van der Waals surface area contributed by atoms with Gasteiger partial charge in [-0.3, -0.25) is 4.79 Å². The molecule has 1 aliphatic carbocycles. The van der Waals surface area contributed by atoms with Crippen molar-refractivity contribution in [2.45, 2.75) is 31.1 Å². The summed E-state index contributed by atoms with van der Waals surface area (Å²) in [5.74, 6) is 0.0678. The van der Waals surface area contributed by atoms with Crippen molar-refractivity contribution in [3.8, 4) is 10.6 Å². The van der Waals surface area contributed by atoms with E-state index in [0.29, 0.717) is 28.3 Å². The summed E-state index contributed by atoms with van der Waals surface area (Å²) in [5, 5.41) is 5.79. The molecule has 8 heteroatoms. The van der Waals surface area contributed by atoms with Crippen LogP contribution < -0.4 is 5.32 Å². The second kappa shape index (κ2) is 6.10. The molecule has 1 aromatic heterocycles. The quantitative estimate of drug-likeness (QED) is 0.907. The fraction of sp³-hybridized carbons (Fsp3) is 0.412. The maximum absolute atomic E-state index is 12.6. The highest BCUT2D eigenvalue weighted by atomic mass is 32.1. The van der Waals surface area contributed by atoms with Crippen LogP contribution >= 0.6 is 11.3 Å². The zero-order valence-electron chi connectivity index (χ0n) is 13.2. The van der Waals surface area contributed by atoms with Crippen LogP contribution in [0.3, 0.4) is 0 Å². The predicted octanol–water partition coefficient (Wildman–Crippen LogP) is 2.94. The third-order valence-electron chi connectivity index (χ3n) is 4.58. The number of alkyl halides is 3. The summed E-state index contributed by atoms with van der Waals surface area (Å²) in [4.78, 5) is 18.8. The Balaban J connectivity index is 1.44. The van der Waals surface area contributed by atoms with E-state index in [1.165, 1.54) is 23.5 Å². The van der Waals surface area contributed by atoms with Crippen molar-refractivity contribution < 1.29 is 18.0 Å². The van der Waals surface area contributed by atoms with Gasteiger partial charge in [0.15, 0.2) is 0 Å². The standard InChI is InChI=1S/C17H16F3N3OS/c18-17(19,20)11-3-1-10(2-4-11)16-22-12(9-25-16)7-15(24)23-6-5-21-13-8-14(13)23/h1-4,9,13-14,21H,5-8H2. The molecule has 0 bridgehead atoms. The Kier molecular flexibility index (Phi) is 4.04. The fourth-order valence-electron chi connectivity index (χ4n) is 3.17. The maximum atomic E-state index is 12.6. The molecule has 0 spiro atoms. The first-order valence-corrected chi connectivity index (χ1v) is 8.95. The molecular weight excluding hydrogens is 351 g/mol. The van der Waals surface area contributed by atoms with Crippen LogP contribution in [0.15, 0.2) is 29.6 Å². The van der Waals surface area contributed by atoms with E-state index >= 15 is 0 Å². The molecule has 1 N–H and O–H groups in total. The number of rotatable bonds is 3. The summed E-state index contributed by atoms with van der Waals surface area (Å²) >= 11 is 1.34. The van der Waals surface area contributed by atoms with Gasteiger partial charge in [0.05, 0.1) is 17.7 Å². The van der Waals surface area contributed by atoms with E-state index in [2.05, 4.69) is 10.3 Å². The summed E-state index contributed by atoms with van der Waals surface area (Å²) < 4.78 is 37.9. The van der Waals surface area contributed by atoms with Crippen LogP contribution in [0.5, 0.6) is 0 Å². The molecule has 2 fully saturated rings. The number of carbonyl (C=O) groups is 1. The molecule has 25 heavy (non-hydrogen) atoms. The van der Waals surface area contributed by atoms with Crippen LogP contribution in [-0.4, -0.2) is 41.0 Å². The topological polar surface area (TPSA) is 45.2 Å². The second-order valence-electron chi connectivity index (χ2n) is 6.35. The van der Waals surface area contributed by atoms with Gasteiger partial charge in [0.1, 0.15) is 5.01 Å². The van der Waals surface area contributed by atoms with Crippen LogP contribution in [0.2, 0.25) is 0 Å². The second-order valence-corrected chi connectivity index (χ2v) is 7.20. The minimum atomic E-state index is -4.34. The third-order valence-corrected chi connectivity index (χ3v) is 5.52. The van der Waals surface area contributed by atoms with Crippen molar-refractivity contribution in [3.63, 3.8) is 0 Å². The van der Waals surface area contributed by atoms with Gasteiger partial charge in [0, 0.05) is 36.1 Å². The number of nitrogens with zero attached hydrogens (tertiary/aromatic N) is 2. The minimum Gasteiger partial charge on any atom is -0.336 e. The van der Waals surface area contributed by atoms with Crippen molar-refractivity contribution in [3.05, 3.63) is 40.9 Å². The lowest BCUT2D eigenvalue weighted by Gasteiger charge is -2.27. The number of hydrogen-bond acceptors (Lipinski definition) is 4. The van der Waals surface area contributed by atoms with Gasteiger partial charge in [0.2, 0.25) is 5.91 Å². The number of nitrogens with one attached hydrogen (secondary N) is 1. The van der Waals surface area contributed by atoms with Gasteiger partial charge in [0.25, 0.3) is 0 Å². The number of halogens is 3. The molecule has 4 rings (SSSR count). The van der Waals surface area contributed by atoms with Gasteiger partial charge in [-0.1, -0.05) is 12.1 Å². The highest BCUT2D eigenvalue weighted by Crippen LogP contribution is 2.33. The van der Waals surface area contributed by atoms with E-state index in [1.54, 1.807) is 5.38 Å². The molecule has 1 aromatic carbocycles. The molecule has 1 amide bonds. The summed E-state index contributed by atoms with van der Waals surface area (Å²) in [6.07, 6.45) is -3.09. The zero-order chi connectivity index (χ0) is 17.6. The van der Waals surface area contributed by atoms with E-state index in [0.717, 1.165) is 31.6 Å². The SMILES string of the molecule is O=C(Cc1csc(-c2ccc(C(F)(F)F)cc2)n1)N1CCNC2CC21. The van der Waals surface area contributed by atoms with Crippen molar-refractivity contribution >= 4 is 17.2 Å². The number of piperazine rings is 1. The lowest BCUT2D eigenvalue weighted by Crippen LogP contribution is -2.47. The molecule has 2 heterocycles. The van der Waals surface area contributed by atoms with E-state index in [4.69, 9.17) is 0 Å². The highest BCUT2D eigenvalue weighted by molar-refractivity contribution is 7.13. The van der Waals surface area contributed by atoms with E-state index in [9.17, 15) is 18.0 Å². The third kappa shape index (κ3) is 3.41. The Labute approximate surface area is 146 Å². The molecule has 2 unspecified atom stereocenters. The highest BCUT2D eigenvalue weighted by Gasteiger charge is 2.46. The maximum Gasteiger partial charge on any atom is 0.416 e. The summed E-state index contributed by atoms with van der Waals surface area (Å²) in [6.45, 7) is 1.54. The normalized spacial score (nSPS) is 22.6. The summed E-state index contributed by atoms with van der Waals surface area (Å²) in [6, 6.07) is 5.69. The molecule has 1 saturated heterocycles. The van der Waals surface area contributed by atoms with Crippen LogP contribution in [0.25, 0.3) is 10.6 Å². The van der Waals surface area contributed by atoms with Crippen molar-refractivity contribution in [1.29, 1.82) is 0 Å². The molecular formula is C17H16F3N3OS. The van der Waals surface area contributed by atoms with Crippen LogP contribution in [-0.2, 0) is 17.4 Å². The van der Waals surface area contributed by atoms with Gasteiger partial charge in [-0.25, -0.2) is 4.98 Å². The molecule has 2 aromatic rings. The number of thiazole rings is 1. The zero-order valence-corrected chi connectivity index (χ0v) is 14.0. The fourth-order valence-corrected chi connectivity index (χ4v) is 4.00. The lowest BCUT2D eigenvalue weighted by molar-refractivity contribution is -0.137. The van der Waals surface area contributed by atoms with Gasteiger partial charge in [-0.2, -0.15) is 13.2 Å². The Bertz CT molecular complexity index is 787. The molecule has 2 aliphatic rings. The first kappa shape index (κ1) is 16.5. The van der Waals surface area contributed by atoms with Gasteiger partial charge < -0.3 is 10.2 Å². The Morgan fingerprint density at radius 3 is 2.80 bits per heavy atom. The van der Waals surface area contributed by atoms with Gasteiger partial charge >= 0.3 is 6.18 Å². The molecule has 2 atom stereocenters. The first-order chi connectivity index (χ1) is 11.9. The molecule has 0 radical (unpaired) electrons. The van der Waals surface area contributed by atoms with Crippen molar-refractivity contribution in [1.82, 2.24) is 15.2 Å².